The van der Waals surface area contributed by atoms with E-state index in [1.54, 1.807) is 14.2 Å². The number of hydrogen-bond acceptors (Lipinski definition) is 2. The molecule has 2 nitrogen and oxygen atoms in total. The smallest absolute Gasteiger partial charge is 0.0470 e. The third-order valence-corrected chi connectivity index (χ3v) is 5.00. The van der Waals surface area contributed by atoms with E-state index in [-0.39, 0.29) is 10.8 Å². The van der Waals surface area contributed by atoms with Crippen molar-refractivity contribution in [2.24, 2.45) is 0 Å². The Morgan fingerprint density at radius 3 is 1.96 bits per heavy atom. The van der Waals surface area contributed by atoms with Gasteiger partial charge in [-0.25, -0.2) is 0 Å². The molecule has 0 bridgehead atoms. The van der Waals surface area contributed by atoms with Gasteiger partial charge in [-0.1, -0.05) is 59.2 Å². The van der Waals surface area contributed by atoms with E-state index in [0.29, 0.717) is 0 Å². The summed E-state index contributed by atoms with van der Waals surface area (Å²) in [6.45, 7) is 13.2. The highest BCUT2D eigenvalue weighted by Crippen LogP contribution is 2.35. The Kier molecular flexibility index (Phi) is 7.76. The van der Waals surface area contributed by atoms with Gasteiger partial charge < -0.3 is 9.47 Å². The molecule has 0 fully saturated rings. The number of ether oxygens (including phenoxy) is 2. The summed E-state index contributed by atoms with van der Waals surface area (Å²) < 4.78 is 10.6. The molecule has 0 aliphatic rings. The topological polar surface area (TPSA) is 18.5 Å². The number of hydrogen-bond donors (Lipinski definition) is 0. The largest absolute Gasteiger partial charge is 0.385 e. The lowest BCUT2D eigenvalue weighted by atomic mass is 9.75. The van der Waals surface area contributed by atoms with Crippen LogP contribution in [0.4, 0.5) is 0 Å². The summed E-state index contributed by atoms with van der Waals surface area (Å²) >= 11 is 0. The van der Waals surface area contributed by atoms with Crippen molar-refractivity contribution in [3.63, 3.8) is 0 Å². The van der Waals surface area contributed by atoms with Crippen molar-refractivity contribution in [2.75, 3.05) is 27.4 Å². The molecular formula is C21H36O2. The highest BCUT2D eigenvalue weighted by molar-refractivity contribution is 5.39. The van der Waals surface area contributed by atoms with Crippen LogP contribution in [0.1, 0.15) is 70.6 Å². The minimum Gasteiger partial charge on any atom is -0.385 e. The lowest BCUT2D eigenvalue weighted by molar-refractivity contribution is 0.173. The quantitative estimate of drug-likeness (QED) is 0.585. The molecule has 0 aliphatic heterocycles. The Bertz CT molecular complexity index is 475. The van der Waals surface area contributed by atoms with E-state index in [4.69, 9.17) is 9.47 Å². The third kappa shape index (κ3) is 5.61. The fourth-order valence-corrected chi connectivity index (χ4v) is 3.14. The molecule has 0 saturated heterocycles. The van der Waals surface area contributed by atoms with Crippen molar-refractivity contribution in [2.45, 2.75) is 71.1 Å². The van der Waals surface area contributed by atoms with Crippen molar-refractivity contribution >= 4 is 0 Å². The maximum absolute atomic E-state index is 5.31. The summed E-state index contributed by atoms with van der Waals surface area (Å²) in [5.74, 6) is 0. The first-order chi connectivity index (χ1) is 10.8. The Hall–Kier alpha value is -0.860. The molecule has 0 N–H and O–H groups in total. The van der Waals surface area contributed by atoms with Crippen LogP contribution >= 0.6 is 0 Å². The molecule has 1 aromatic rings. The van der Waals surface area contributed by atoms with Gasteiger partial charge in [-0.15, -0.1) is 0 Å². The molecule has 0 atom stereocenters. The lowest BCUT2D eigenvalue weighted by Gasteiger charge is -2.31. The van der Waals surface area contributed by atoms with E-state index in [0.717, 1.165) is 32.5 Å². The number of benzene rings is 1. The van der Waals surface area contributed by atoms with Crippen LogP contribution in [0.25, 0.3) is 0 Å². The summed E-state index contributed by atoms with van der Waals surface area (Å²) in [6.07, 6.45) is 4.41. The zero-order valence-corrected chi connectivity index (χ0v) is 16.3. The predicted molar refractivity (Wildman–Crippen MR) is 99.5 cm³/mol. The first-order valence-electron chi connectivity index (χ1n) is 8.90. The Morgan fingerprint density at radius 1 is 0.870 bits per heavy atom. The van der Waals surface area contributed by atoms with E-state index < -0.39 is 0 Å². The molecule has 0 saturated carbocycles. The molecule has 1 rings (SSSR count). The maximum atomic E-state index is 5.31. The highest BCUT2D eigenvalue weighted by atomic mass is 16.5. The molecule has 0 amide bonds. The Morgan fingerprint density at radius 2 is 1.43 bits per heavy atom. The van der Waals surface area contributed by atoms with Gasteiger partial charge in [-0.3, -0.25) is 0 Å². The lowest BCUT2D eigenvalue weighted by Crippen LogP contribution is -2.24. The van der Waals surface area contributed by atoms with Crippen LogP contribution in [0, 0.1) is 0 Å². The van der Waals surface area contributed by atoms with E-state index in [1.807, 2.05) is 0 Å². The summed E-state index contributed by atoms with van der Waals surface area (Å²) in [5, 5.41) is 0. The Labute approximate surface area is 143 Å². The van der Waals surface area contributed by atoms with Crippen molar-refractivity contribution in [3.8, 4) is 0 Å². The molecule has 1 aromatic carbocycles. The highest BCUT2D eigenvalue weighted by Gasteiger charge is 2.26. The van der Waals surface area contributed by atoms with Gasteiger partial charge in [0, 0.05) is 27.4 Å². The first-order valence-corrected chi connectivity index (χ1v) is 8.90. The molecule has 0 radical (unpaired) electrons. The van der Waals surface area contributed by atoms with Crippen LogP contribution in [0.15, 0.2) is 18.2 Å². The SMILES string of the molecule is CCCc1cc(C(C)(C)CCOC)ccc1C(C)(C)CCOC. The van der Waals surface area contributed by atoms with Crippen molar-refractivity contribution in [1.29, 1.82) is 0 Å². The van der Waals surface area contributed by atoms with Crippen LogP contribution in [-0.2, 0) is 26.7 Å². The second kappa shape index (κ2) is 8.84. The molecule has 0 aromatic heterocycles. The molecule has 132 valence electrons. The zero-order valence-electron chi connectivity index (χ0n) is 16.3. The van der Waals surface area contributed by atoms with Gasteiger partial charge in [-0.05, 0) is 46.8 Å². The normalized spacial score (nSPS) is 12.7. The molecular weight excluding hydrogens is 284 g/mol. The average molecular weight is 321 g/mol. The zero-order chi connectivity index (χ0) is 17.5. The molecule has 23 heavy (non-hydrogen) atoms. The summed E-state index contributed by atoms with van der Waals surface area (Å²) in [5.41, 5.74) is 4.69. The molecule has 2 heteroatoms. The second-order valence-electron chi connectivity index (χ2n) is 7.88. The average Bonchev–Trinajstić information content (AvgIpc) is 2.51. The molecule has 0 heterocycles. The van der Waals surface area contributed by atoms with Crippen molar-refractivity contribution < 1.29 is 9.47 Å². The Balaban J connectivity index is 3.15. The summed E-state index contributed by atoms with van der Waals surface area (Å²) in [7, 11) is 3.56. The fourth-order valence-electron chi connectivity index (χ4n) is 3.14. The van der Waals surface area contributed by atoms with Gasteiger partial charge in [0.1, 0.15) is 0 Å². The number of methoxy groups -OCH3 is 2. The standard InChI is InChI=1S/C21H36O2/c1-8-9-17-16-18(20(2,3)12-14-22-6)10-11-19(17)21(4,5)13-15-23-7/h10-11,16H,8-9,12-15H2,1-7H3. The van der Waals surface area contributed by atoms with Gasteiger partial charge in [0.25, 0.3) is 0 Å². The van der Waals surface area contributed by atoms with E-state index >= 15 is 0 Å². The van der Waals surface area contributed by atoms with E-state index in [2.05, 4.69) is 52.8 Å². The maximum Gasteiger partial charge on any atom is 0.0470 e. The fraction of sp³-hybridized carbons (Fsp3) is 0.714. The minimum atomic E-state index is 0.147. The molecule has 0 unspecified atom stereocenters. The van der Waals surface area contributed by atoms with Crippen LogP contribution < -0.4 is 0 Å². The van der Waals surface area contributed by atoms with Crippen LogP contribution in [0.3, 0.4) is 0 Å². The molecule has 0 aliphatic carbocycles. The van der Waals surface area contributed by atoms with E-state index in [9.17, 15) is 0 Å². The number of aryl methyl sites for hydroxylation is 1. The summed E-state index contributed by atoms with van der Waals surface area (Å²) in [6, 6.07) is 7.10. The van der Waals surface area contributed by atoms with Crippen LogP contribution in [0.2, 0.25) is 0 Å². The van der Waals surface area contributed by atoms with Crippen LogP contribution in [-0.4, -0.2) is 27.4 Å². The van der Waals surface area contributed by atoms with Gasteiger partial charge in [0.05, 0.1) is 0 Å². The minimum absolute atomic E-state index is 0.147. The predicted octanol–water partition coefficient (Wildman–Crippen LogP) is 5.27. The second-order valence-corrected chi connectivity index (χ2v) is 7.88. The van der Waals surface area contributed by atoms with E-state index in [1.165, 1.54) is 23.1 Å². The van der Waals surface area contributed by atoms with Crippen molar-refractivity contribution in [3.05, 3.63) is 34.9 Å². The molecule has 0 spiro atoms. The van der Waals surface area contributed by atoms with Gasteiger partial charge in [-0.2, -0.15) is 0 Å². The number of rotatable bonds is 10. The van der Waals surface area contributed by atoms with Crippen molar-refractivity contribution in [1.82, 2.24) is 0 Å². The first kappa shape index (κ1) is 20.2. The monoisotopic (exact) mass is 320 g/mol. The van der Waals surface area contributed by atoms with Crippen LogP contribution in [0.5, 0.6) is 0 Å². The summed E-state index contributed by atoms with van der Waals surface area (Å²) in [4.78, 5) is 0. The van der Waals surface area contributed by atoms with Gasteiger partial charge >= 0.3 is 0 Å². The van der Waals surface area contributed by atoms with Gasteiger partial charge in [0.15, 0.2) is 0 Å². The third-order valence-electron chi connectivity index (χ3n) is 5.00. The van der Waals surface area contributed by atoms with Gasteiger partial charge in [0.2, 0.25) is 0 Å².